The van der Waals surface area contributed by atoms with Crippen molar-refractivity contribution in [2.45, 2.75) is 27.2 Å². The number of benzene rings is 1. The molecule has 2 aromatic rings. The van der Waals surface area contributed by atoms with Crippen molar-refractivity contribution in [1.29, 1.82) is 0 Å². The van der Waals surface area contributed by atoms with Gasteiger partial charge in [-0.25, -0.2) is 9.80 Å². The van der Waals surface area contributed by atoms with E-state index in [0.29, 0.717) is 30.0 Å². The van der Waals surface area contributed by atoms with Crippen molar-refractivity contribution in [3.8, 4) is 0 Å². The number of carbonyl (C=O) groups excluding carboxylic acids is 2. The van der Waals surface area contributed by atoms with Crippen LogP contribution in [-0.4, -0.2) is 35.7 Å². The van der Waals surface area contributed by atoms with E-state index in [4.69, 9.17) is 9.15 Å². The second kappa shape index (κ2) is 6.93. The second-order valence-corrected chi connectivity index (χ2v) is 5.97. The minimum Gasteiger partial charge on any atom is -0.465 e. The molecular weight excluding hydrogens is 320 g/mol. The fourth-order valence-electron chi connectivity index (χ4n) is 2.84. The summed E-state index contributed by atoms with van der Waals surface area (Å²) in [5.41, 5.74) is 2.98. The molecule has 1 aromatic carbocycles. The Balaban J connectivity index is 1.62. The van der Waals surface area contributed by atoms with Crippen LogP contribution in [0.5, 0.6) is 0 Å². The molecule has 2 heterocycles. The van der Waals surface area contributed by atoms with Crippen LogP contribution >= 0.6 is 0 Å². The van der Waals surface area contributed by atoms with Crippen LogP contribution in [0.4, 0.5) is 0 Å². The van der Waals surface area contributed by atoms with Gasteiger partial charge in [-0.2, -0.15) is 5.10 Å². The minimum atomic E-state index is -0.549. The molecule has 0 bridgehead atoms. The summed E-state index contributed by atoms with van der Waals surface area (Å²) in [6.07, 6.45) is 0.683. The smallest absolute Gasteiger partial charge is 0.342 e. The molecule has 1 amide bonds. The normalized spacial score (nSPS) is 13.7. The summed E-state index contributed by atoms with van der Waals surface area (Å²) in [4.78, 5) is 24.5. The predicted molar refractivity (Wildman–Crippen MR) is 92.5 cm³/mol. The summed E-state index contributed by atoms with van der Waals surface area (Å²) in [7, 11) is 0. The number of amides is 1. The van der Waals surface area contributed by atoms with Crippen LogP contribution in [0.2, 0.25) is 0 Å². The van der Waals surface area contributed by atoms with Gasteiger partial charge in [0, 0.05) is 12.0 Å². The molecule has 130 valence electrons. The van der Waals surface area contributed by atoms with E-state index in [-0.39, 0.29) is 12.5 Å². The fraction of sp³-hybridized carbons (Fsp3) is 0.316. The molecular formula is C19H20N2O4. The number of carbonyl (C=O) groups is 2. The van der Waals surface area contributed by atoms with Crippen LogP contribution in [0.3, 0.4) is 0 Å². The number of nitrogens with zero attached hydrogens (tertiary/aromatic N) is 2. The molecule has 0 saturated carbocycles. The highest BCUT2D eigenvalue weighted by atomic mass is 16.5. The summed E-state index contributed by atoms with van der Waals surface area (Å²) < 4.78 is 10.6. The monoisotopic (exact) mass is 340 g/mol. The molecule has 0 spiro atoms. The highest BCUT2D eigenvalue weighted by molar-refractivity contribution is 6.02. The first-order chi connectivity index (χ1) is 12.0. The number of esters is 1. The van der Waals surface area contributed by atoms with Crippen molar-refractivity contribution < 1.29 is 18.7 Å². The lowest BCUT2D eigenvalue weighted by Crippen LogP contribution is -2.29. The van der Waals surface area contributed by atoms with E-state index >= 15 is 0 Å². The Labute approximate surface area is 146 Å². The molecule has 25 heavy (non-hydrogen) atoms. The Morgan fingerprint density at radius 1 is 1.16 bits per heavy atom. The number of rotatable bonds is 4. The maximum Gasteiger partial charge on any atom is 0.342 e. The van der Waals surface area contributed by atoms with Crippen molar-refractivity contribution in [3.63, 3.8) is 0 Å². The molecule has 0 atom stereocenters. The fourth-order valence-corrected chi connectivity index (χ4v) is 2.84. The molecule has 0 fully saturated rings. The van der Waals surface area contributed by atoms with Crippen molar-refractivity contribution in [1.82, 2.24) is 5.01 Å². The minimum absolute atomic E-state index is 0.338. The molecule has 1 aromatic heterocycles. The van der Waals surface area contributed by atoms with E-state index < -0.39 is 5.97 Å². The molecule has 0 saturated heterocycles. The van der Waals surface area contributed by atoms with Crippen LogP contribution in [0.25, 0.3) is 0 Å². The van der Waals surface area contributed by atoms with Gasteiger partial charge in [-0.15, -0.1) is 0 Å². The lowest BCUT2D eigenvalue weighted by Gasteiger charge is -2.11. The third kappa shape index (κ3) is 3.47. The molecule has 0 unspecified atom stereocenters. The van der Waals surface area contributed by atoms with Gasteiger partial charge in [-0.3, -0.25) is 4.79 Å². The molecule has 6 nitrogen and oxygen atoms in total. The predicted octanol–water partition coefficient (Wildman–Crippen LogP) is 3.00. The van der Waals surface area contributed by atoms with E-state index in [1.807, 2.05) is 30.3 Å². The molecule has 0 radical (unpaired) electrons. The molecule has 0 aliphatic carbocycles. The first-order valence-corrected chi connectivity index (χ1v) is 8.14. The van der Waals surface area contributed by atoms with Crippen molar-refractivity contribution in [2.24, 2.45) is 5.10 Å². The van der Waals surface area contributed by atoms with Crippen molar-refractivity contribution in [2.75, 3.05) is 13.2 Å². The van der Waals surface area contributed by atoms with Gasteiger partial charge >= 0.3 is 5.97 Å². The standard InChI is InChI=1S/C19H20N2O4/c1-12-13(2)25-14(3)18(12)19(23)24-11-17(22)21-10-9-16(20-21)15-7-5-4-6-8-15/h4-8H,9-11H2,1-3H3. The number of ether oxygens (including phenoxy) is 1. The second-order valence-electron chi connectivity index (χ2n) is 5.97. The Morgan fingerprint density at radius 2 is 1.88 bits per heavy atom. The van der Waals surface area contributed by atoms with Gasteiger partial charge in [0.2, 0.25) is 0 Å². The van der Waals surface area contributed by atoms with E-state index in [9.17, 15) is 9.59 Å². The first-order valence-electron chi connectivity index (χ1n) is 8.14. The van der Waals surface area contributed by atoms with Gasteiger partial charge in [0.25, 0.3) is 5.91 Å². The van der Waals surface area contributed by atoms with Crippen LogP contribution in [0.15, 0.2) is 39.9 Å². The first kappa shape index (κ1) is 17.0. The Hall–Kier alpha value is -2.89. The van der Waals surface area contributed by atoms with E-state index in [1.54, 1.807) is 20.8 Å². The zero-order valence-corrected chi connectivity index (χ0v) is 14.5. The lowest BCUT2D eigenvalue weighted by atomic mass is 10.1. The van der Waals surface area contributed by atoms with Gasteiger partial charge < -0.3 is 9.15 Å². The maximum atomic E-state index is 12.3. The summed E-state index contributed by atoms with van der Waals surface area (Å²) >= 11 is 0. The number of furan rings is 1. The van der Waals surface area contributed by atoms with E-state index in [2.05, 4.69) is 5.10 Å². The highest BCUT2D eigenvalue weighted by Crippen LogP contribution is 2.21. The third-order valence-corrected chi connectivity index (χ3v) is 4.29. The zero-order valence-electron chi connectivity index (χ0n) is 14.5. The van der Waals surface area contributed by atoms with Gasteiger partial charge in [-0.05, 0) is 26.3 Å². The topological polar surface area (TPSA) is 72.1 Å². The van der Waals surface area contributed by atoms with Gasteiger partial charge in [0.1, 0.15) is 17.1 Å². The van der Waals surface area contributed by atoms with Crippen molar-refractivity contribution in [3.05, 3.63) is 58.5 Å². The van der Waals surface area contributed by atoms with Crippen LogP contribution in [0.1, 0.15) is 39.4 Å². The van der Waals surface area contributed by atoms with Gasteiger partial charge in [-0.1, -0.05) is 30.3 Å². The Morgan fingerprint density at radius 3 is 2.52 bits per heavy atom. The molecule has 1 aliphatic rings. The largest absolute Gasteiger partial charge is 0.465 e. The number of hydrogen-bond donors (Lipinski definition) is 0. The number of hydrazone groups is 1. The van der Waals surface area contributed by atoms with Crippen LogP contribution < -0.4 is 0 Å². The molecule has 0 N–H and O–H groups in total. The summed E-state index contributed by atoms with van der Waals surface area (Å²) in [6.45, 7) is 5.43. The summed E-state index contributed by atoms with van der Waals surface area (Å²) in [5, 5.41) is 5.70. The van der Waals surface area contributed by atoms with Crippen molar-refractivity contribution >= 4 is 17.6 Å². The van der Waals surface area contributed by atoms with Gasteiger partial charge in [0.05, 0.1) is 12.3 Å². The lowest BCUT2D eigenvalue weighted by molar-refractivity contribution is -0.134. The van der Waals surface area contributed by atoms with Crippen LogP contribution in [-0.2, 0) is 9.53 Å². The average Bonchev–Trinajstić information content (AvgIpc) is 3.19. The average molecular weight is 340 g/mol. The SMILES string of the molecule is Cc1oc(C)c(C(=O)OCC(=O)N2CCC(c3ccccc3)=N2)c1C. The van der Waals surface area contributed by atoms with Crippen LogP contribution in [0, 0.1) is 20.8 Å². The maximum absolute atomic E-state index is 12.3. The summed E-state index contributed by atoms with van der Waals surface area (Å²) in [6, 6.07) is 9.71. The van der Waals surface area contributed by atoms with E-state index in [1.165, 1.54) is 5.01 Å². The molecule has 1 aliphatic heterocycles. The molecule has 3 rings (SSSR count). The Kier molecular flexibility index (Phi) is 4.70. The Bertz CT molecular complexity index is 837. The third-order valence-electron chi connectivity index (χ3n) is 4.29. The number of hydrogen-bond acceptors (Lipinski definition) is 5. The molecule has 6 heteroatoms. The quantitative estimate of drug-likeness (QED) is 0.802. The summed E-state index contributed by atoms with van der Waals surface area (Å²) in [5.74, 6) is 0.284. The zero-order chi connectivity index (χ0) is 18.0. The highest BCUT2D eigenvalue weighted by Gasteiger charge is 2.25. The van der Waals surface area contributed by atoms with Gasteiger partial charge in [0.15, 0.2) is 6.61 Å². The van der Waals surface area contributed by atoms with E-state index in [0.717, 1.165) is 16.8 Å². The number of aryl methyl sites for hydroxylation is 2.